The number of hydrogen-bond acceptors (Lipinski definition) is 3. The molecule has 1 saturated heterocycles. The number of carbonyl (C=O) groups excluding carboxylic acids is 1. The quantitative estimate of drug-likeness (QED) is 0.909. The van der Waals surface area contributed by atoms with Crippen molar-refractivity contribution in [3.63, 3.8) is 0 Å². The largest absolute Gasteiger partial charge is 0.497 e. The lowest BCUT2D eigenvalue weighted by atomic mass is 9.78. The van der Waals surface area contributed by atoms with Gasteiger partial charge in [0.1, 0.15) is 12.4 Å². The molecule has 116 valence electrons. The van der Waals surface area contributed by atoms with Gasteiger partial charge in [-0.25, -0.2) is 4.79 Å². The highest BCUT2D eigenvalue weighted by Gasteiger charge is 2.43. The maximum Gasteiger partial charge on any atom is 0.416 e. The van der Waals surface area contributed by atoms with Crippen LogP contribution in [0.3, 0.4) is 0 Å². The Kier molecular flexibility index (Phi) is 3.78. The number of halogens is 3. The molecule has 1 fully saturated rings. The predicted molar refractivity (Wildman–Crippen MR) is 69.0 cm³/mol. The van der Waals surface area contributed by atoms with Crippen LogP contribution in [0.1, 0.15) is 31.0 Å². The number of cyclic esters (lactones) is 1. The molecule has 1 aromatic carbocycles. The smallest absolute Gasteiger partial charge is 0.416 e. The van der Waals surface area contributed by atoms with E-state index in [0.29, 0.717) is 0 Å². The number of rotatable bonds is 2. The molecular formula is C14H16F3NO3. The third-order valence-corrected chi connectivity index (χ3v) is 3.50. The van der Waals surface area contributed by atoms with Crippen molar-refractivity contribution < 1.29 is 27.4 Å². The number of amides is 1. The average Bonchev–Trinajstić information content (AvgIpc) is 2.40. The summed E-state index contributed by atoms with van der Waals surface area (Å²) in [4.78, 5) is 11.4. The zero-order valence-electron chi connectivity index (χ0n) is 11.9. The third kappa shape index (κ3) is 3.06. The summed E-state index contributed by atoms with van der Waals surface area (Å²) < 4.78 is 49.5. The summed E-state index contributed by atoms with van der Waals surface area (Å²) in [6.45, 7) is 3.52. The second-order valence-electron chi connectivity index (χ2n) is 5.59. The van der Waals surface area contributed by atoms with E-state index in [0.717, 1.165) is 6.07 Å². The molecule has 0 bridgehead atoms. The number of carbonyl (C=O) groups is 1. The van der Waals surface area contributed by atoms with E-state index in [1.807, 2.05) is 0 Å². The van der Waals surface area contributed by atoms with Crippen LogP contribution < -0.4 is 10.1 Å². The van der Waals surface area contributed by atoms with Crippen LogP contribution in [0.2, 0.25) is 0 Å². The zero-order valence-corrected chi connectivity index (χ0v) is 11.9. The van der Waals surface area contributed by atoms with E-state index < -0.39 is 29.3 Å². The highest BCUT2D eigenvalue weighted by molar-refractivity contribution is 5.69. The van der Waals surface area contributed by atoms with Crippen molar-refractivity contribution in [1.82, 2.24) is 5.32 Å². The van der Waals surface area contributed by atoms with Gasteiger partial charge in [-0.05, 0) is 17.7 Å². The average molecular weight is 303 g/mol. The van der Waals surface area contributed by atoms with Gasteiger partial charge in [0.05, 0.1) is 18.7 Å². The van der Waals surface area contributed by atoms with Gasteiger partial charge in [-0.1, -0.05) is 19.9 Å². The Morgan fingerprint density at radius 3 is 2.62 bits per heavy atom. The van der Waals surface area contributed by atoms with Crippen molar-refractivity contribution in [2.45, 2.75) is 26.1 Å². The standard InChI is InChI=1S/C14H16F3NO3/c1-13(2)7-21-12(19)18-11(13)9-5-4-8(20-3)6-10(9)14(15,16)17/h4-6,11H,7H2,1-3H3,(H,18,19)/t11-/m1/s1. The highest BCUT2D eigenvalue weighted by Crippen LogP contribution is 2.43. The summed E-state index contributed by atoms with van der Waals surface area (Å²) in [5, 5.41) is 2.47. The lowest BCUT2D eigenvalue weighted by molar-refractivity contribution is -0.139. The molecule has 0 radical (unpaired) electrons. The third-order valence-electron chi connectivity index (χ3n) is 3.50. The lowest BCUT2D eigenvalue weighted by Crippen LogP contribution is -2.47. The van der Waals surface area contributed by atoms with Crippen LogP contribution in [-0.2, 0) is 10.9 Å². The van der Waals surface area contributed by atoms with Crippen molar-refractivity contribution in [2.75, 3.05) is 13.7 Å². The summed E-state index contributed by atoms with van der Waals surface area (Å²) in [5.41, 5.74) is -1.48. The van der Waals surface area contributed by atoms with E-state index in [4.69, 9.17) is 9.47 Å². The van der Waals surface area contributed by atoms with Crippen LogP contribution in [0.5, 0.6) is 5.75 Å². The molecule has 4 nitrogen and oxygen atoms in total. The molecular weight excluding hydrogens is 287 g/mol. The van der Waals surface area contributed by atoms with Gasteiger partial charge in [-0.3, -0.25) is 0 Å². The van der Waals surface area contributed by atoms with E-state index in [-0.39, 0.29) is 17.9 Å². The molecule has 2 rings (SSSR count). The Bertz CT molecular complexity index is 555. The minimum absolute atomic E-state index is 0.00458. The molecule has 0 aliphatic carbocycles. The normalized spacial score (nSPS) is 21.4. The number of ether oxygens (including phenoxy) is 2. The molecule has 0 saturated carbocycles. The van der Waals surface area contributed by atoms with Crippen LogP contribution >= 0.6 is 0 Å². The Balaban J connectivity index is 2.54. The fraction of sp³-hybridized carbons (Fsp3) is 0.500. The van der Waals surface area contributed by atoms with E-state index >= 15 is 0 Å². The van der Waals surface area contributed by atoms with Gasteiger partial charge in [-0.2, -0.15) is 13.2 Å². The van der Waals surface area contributed by atoms with E-state index in [9.17, 15) is 18.0 Å². The molecule has 1 N–H and O–H groups in total. The summed E-state index contributed by atoms with van der Waals surface area (Å²) in [6.07, 6.45) is -5.26. The van der Waals surface area contributed by atoms with Crippen LogP contribution in [-0.4, -0.2) is 19.8 Å². The maximum atomic E-state index is 13.3. The fourth-order valence-corrected chi connectivity index (χ4v) is 2.35. The van der Waals surface area contributed by atoms with Crippen molar-refractivity contribution in [3.05, 3.63) is 29.3 Å². The Morgan fingerprint density at radius 1 is 1.38 bits per heavy atom. The Morgan fingerprint density at radius 2 is 2.05 bits per heavy atom. The van der Waals surface area contributed by atoms with Gasteiger partial charge in [0.25, 0.3) is 0 Å². The molecule has 7 heteroatoms. The van der Waals surface area contributed by atoms with Crippen LogP contribution in [0.15, 0.2) is 18.2 Å². The minimum atomic E-state index is -4.54. The minimum Gasteiger partial charge on any atom is -0.497 e. The second kappa shape index (κ2) is 5.13. The van der Waals surface area contributed by atoms with Crippen LogP contribution in [0.4, 0.5) is 18.0 Å². The van der Waals surface area contributed by atoms with E-state index in [2.05, 4.69) is 5.32 Å². The topological polar surface area (TPSA) is 47.6 Å². The monoisotopic (exact) mass is 303 g/mol. The predicted octanol–water partition coefficient (Wildman–Crippen LogP) is 3.52. The summed E-state index contributed by atoms with van der Waals surface area (Å²) in [6, 6.07) is 2.93. The number of methoxy groups -OCH3 is 1. The molecule has 1 amide bonds. The van der Waals surface area contributed by atoms with Gasteiger partial charge in [0.2, 0.25) is 0 Å². The maximum absolute atomic E-state index is 13.3. The van der Waals surface area contributed by atoms with E-state index in [1.165, 1.54) is 19.2 Å². The molecule has 0 aromatic heterocycles. The van der Waals surface area contributed by atoms with Gasteiger partial charge in [0, 0.05) is 5.41 Å². The number of nitrogens with one attached hydrogen (secondary N) is 1. The van der Waals surface area contributed by atoms with Gasteiger partial charge in [-0.15, -0.1) is 0 Å². The second-order valence-corrected chi connectivity index (χ2v) is 5.59. The van der Waals surface area contributed by atoms with Crippen LogP contribution in [0, 0.1) is 5.41 Å². The van der Waals surface area contributed by atoms with Gasteiger partial charge >= 0.3 is 12.3 Å². The number of alkyl halides is 3. The number of alkyl carbamates (subject to hydrolysis) is 1. The Hall–Kier alpha value is -1.92. The van der Waals surface area contributed by atoms with Gasteiger partial charge < -0.3 is 14.8 Å². The molecule has 1 heterocycles. The van der Waals surface area contributed by atoms with Crippen molar-refractivity contribution in [1.29, 1.82) is 0 Å². The van der Waals surface area contributed by atoms with Crippen molar-refractivity contribution in [3.8, 4) is 5.75 Å². The van der Waals surface area contributed by atoms with Gasteiger partial charge in [0.15, 0.2) is 0 Å². The summed E-state index contributed by atoms with van der Waals surface area (Å²) in [5.74, 6) is 0.113. The summed E-state index contributed by atoms with van der Waals surface area (Å²) in [7, 11) is 1.30. The fourth-order valence-electron chi connectivity index (χ4n) is 2.35. The number of hydrogen-bond donors (Lipinski definition) is 1. The molecule has 1 aliphatic rings. The Labute approximate surface area is 120 Å². The first-order valence-electron chi connectivity index (χ1n) is 6.33. The summed E-state index contributed by atoms with van der Waals surface area (Å²) >= 11 is 0. The SMILES string of the molecule is COc1ccc([C@H]2NC(=O)OCC2(C)C)c(C(F)(F)F)c1. The first kappa shape index (κ1) is 15.5. The molecule has 0 unspecified atom stereocenters. The molecule has 1 atom stereocenters. The van der Waals surface area contributed by atoms with E-state index in [1.54, 1.807) is 13.8 Å². The zero-order chi connectivity index (χ0) is 15.8. The number of benzene rings is 1. The molecule has 21 heavy (non-hydrogen) atoms. The molecule has 0 spiro atoms. The van der Waals surface area contributed by atoms with Crippen molar-refractivity contribution >= 4 is 6.09 Å². The lowest BCUT2D eigenvalue weighted by Gasteiger charge is -2.39. The highest BCUT2D eigenvalue weighted by atomic mass is 19.4. The van der Waals surface area contributed by atoms with Crippen LogP contribution in [0.25, 0.3) is 0 Å². The molecule has 1 aliphatic heterocycles. The first-order valence-corrected chi connectivity index (χ1v) is 6.33. The molecule has 1 aromatic rings. The van der Waals surface area contributed by atoms with Crippen molar-refractivity contribution in [2.24, 2.45) is 5.41 Å². The first-order chi connectivity index (χ1) is 9.65.